The van der Waals surface area contributed by atoms with Gasteiger partial charge in [-0.25, -0.2) is 14.3 Å². The van der Waals surface area contributed by atoms with E-state index in [0.717, 1.165) is 57.9 Å². The molecular weight excluding hydrogens is 523 g/mol. The van der Waals surface area contributed by atoms with E-state index in [4.69, 9.17) is 14.5 Å². The average molecular weight is 550 g/mol. The molecule has 2 aliphatic heterocycles. The van der Waals surface area contributed by atoms with Crippen LogP contribution in [0, 0.1) is 17.4 Å². The summed E-state index contributed by atoms with van der Waals surface area (Å²) in [6.07, 6.45) is 4.04. The second-order valence-electron chi connectivity index (χ2n) is 9.53. The minimum atomic E-state index is -0.603. The number of hydrogen-bond acceptors (Lipinski definition) is 7. The van der Waals surface area contributed by atoms with Crippen LogP contribution in [0.2, 0.25) is 0 Å². The van der Waals surface area contributed by atoms with Crippen molar-refractivity contribution in [1.82, 2.24) is 24.4 Å². The molecule has 0 aromatic carbocycles. The largest absolute Gasteiger partial charge is 0.442 e. The molecule has 9 nitrogen and oxygen atoms in total. The molecule has 0 spiro atoms. The van der Waals surface area contributed by atoms with Gasteiger partial charge >= 0.3 is 6.09 Å². The molecule has 0 aliphatic carbocycles. The second-order valence-corrected chi connectivity index (χ2v) is 10.7. The van der Waals surface area contributed by atoms with Crippen molar-refractivity contribution >= 4 is 40.1 Å². The first-order valence-electron chi connectivity index (χ1n) is 10.9. The van der Waals surface area contributed by atoms with Crippen molar-refractivity contribution in [3.05, 3.63) is 27.2 Å². The molecule has 2 saturated heterocycles. The first-order chi connectivity index (χ1) is 15.1. The Kier molecular flexibility index (Phi) is 5.19. The standard InChI is InChI=1S/C22H27IN6O3/c1-12-19(13(2)28(26-12)21(30)32-22(3,4)5)17-8-18(25-20-16(23)9-24-29(17)20)27-10-14-6-7-15(11-27)31-14/h8-9,14-15H,6-7,10-11H2,1-5H3. The normalized spacial score (nSPS) is 20.9. The van der Waals surface area contributed by atoms with Crippen LogP contribution < -0.4 is 4.90 Å². The second kappa shape index (κ2) is 7.68. The van der Waals surface area contributed by atoms with E-state index in [1.54, 1.807) is 0 Å². The lowest BCUT2D eigenvalue weighted by Crippen LogP contribution is -2.43. The Labute approximate surface area is 200 Å². The highest BCUT2D eigenvalue weighted by Crippen LogP contribution is 2.34. The number of ether oxygens (including phenoxy) is 2. The number of aryl methyl sites for hydroxylation is 1. The van der Waals surface area contributed by atoms with E-state index in [9.17, 15) is 4.79 Å². The zero-order valence-corrected chi connectivity index (χ0v) is 21.1. The van der Waals surface area contributed by atoms with Crippen LogP contribution in [0.1, 0.15) is 45.0 Å². The predicted molar refractivity (Wildman–Crippen MR) is 128 cm³/mol. The molecule has 0 radical (unpaired) electrons. The number of carbonyl (C=O) groups excluding carboxylic acids is 1. The molecule has 2 fully saturated rings. The van der Waals surface area contributed by atoms with Crippen LogP contribution in [0.3, 0.4) is 0 Å². The molecule has 0 N–H and O–H groups in total. The van der Waals surface area contributed by atoms with Crippen molar-refractivity contribution in [2.45, 2.75) is 65.3 Å². The summed E-state index contributed by atoms with van der Waals surface area (Å²) in [4.78, 5) is 20.0. The van der Waals surface area contributed by atoms with Crippen molar-refractivity contribution in [3.8, 4) is 11.3 Å². The van der Waals surface area contributed by atoms with Crippen molar-refractivity contribution in [1.29, 1.82) is 0 Å². The van der Waals surface area contributed by atoms with Crippen LogP contribution >= 0.6 is 22.6 Å². The van der Waals surface area contributed by atoms with Gasteiger partial charge in [-0.15, -0.1) is 0 Å². The third kappa shape index (κ3) is 3.76. The summed E-state index contributed by atoms with van der Waals surface area (Å²) in [6.45, 7) is 11.0. The molecule has 0 saturated carbocycles. The van der Waals surface area contributed by atoms with Gasteiger partial charge in [0.05, 0.1) is 39.1 Å². The molecule has 2 aliphatic rings. The minimum absolute atomic E-state index is 0.262. The molecule has 10 heteroatoms. The van der Waals surface area contributed by atoms with Crippen molar-refractivity contribution in [2.75, 3.05) is 18.0 Å². The van der Waals surface area contributed by atoms with Crippen molar-refractivity contribution in [2.24, 2.45) is 0 Å². The lowest BCUT2D eigenvalue weighted by molar-refractivity contribution is 0.0302. The van der Waals surface area contributed by atoms with Gasteiger partial charge in [-0.2, -0.15) is 14.9 Å². The fraction of sp³-hybridized carbons (Fsp3) is 0.545. The van der Waals surface area contributed by atoms with Crippen LogP contribution in [-0.4, -0.2) is 61.4 Å². The van der Waals surface area contributed by atoms with Gasteiger partial charge in [0.2, 0.25) is 0 Å². The molecule has 2 unspecified atom stereocenters. The Bertz CT molecular complexity index is 1200. The summed E-state index contributed by atoms with van der Waals surface area (Å²) in [5.74, 6) is 0.898. The van der Waals surface area contributed by atoms with E-state index in [2.05, 4.69) is 43.8 Å². The number of aromatic nitrogens is 5. The number of morpholine rings is 1. The number of halogens is 1. The van der Waals surface area contributed by atoms with Crippen molar-refractivity contribution < 1.29 is 14.3 Å². The first-order valence-corrected chi connectivity index (χ1v) is 11.9. The van der Waals surface area contributed by atoms with E-state index in [-0.39, 0.29) is 12.2 Å². The molecule has 2 atom stereocenters. The quantitative estimate of drug-likeness (QED) is 0.447. The van der Waals surface area contributed by atoms with Gasteiger partial charge in [-0.05, 0) is 70.1 Å². The molecule has 5 rings (SSSR count). The summed E-state index contributed by atoms with van der Waals surface area (Å²) < 4.78 is 15.7. The van der Waals surface area contributed by atoms with Gasteiger partial charge < -0.3 is 14.4 Å². The number of fused-ring (bicyclic) bond motifs is 3. The van der Waals surface area contributed by atoms with Crippen LogP contribution in [0.5, 0.6) is 0 Å². The molecule has 5 heterocycles. The highest BCUT2D eigenvalue weighted by atomic mass is 127. The molecule has 3 aromatic rings. The first kappa shape index (κ1) is 21.6. The van der Waals surface area contributed by atoms with E-state index < -0.39 is 11.7 Å². The van der Waals surface area contributed by atoms with E-state index >= 15 is 0 Å². The van der Waals surface area contributed by atoms with Gasteiger partial charge in [0.1, 0.15) is 11.4 Å². The van der Waals surface area contributed by atoms with Gasteiger partial charge in [0.25, 0.3) is 0 Å². The Morgan fingerprint density at radius 2 is 1.91 bits per heavy atom. The fourth-order valence-corrected chi connectivity index (χ4v) is 5.04. The minimum Gasteiger partial charge on any atom is -0.442 e. The summed E-state index contributed by atoms with van der Waals surface area (Å²) in [5.41, 5.74) is 3.36. The molecule has 3 aromatic heterocycles. The van der Waals surface area contributed by atoms with E-state index in [0.29, 0.717) is 5.69 Å². The lowest BCUT2D eigenvalue weighted by atomic mass is 10.1. The SMILES string of the molecule is Cc1nn(C(=O)OC(C)(C)C)c(C)c1-c1cc(N2CC3CCC(C2)O3)nc2c(I)cnn12. The number of anilines is 1. The summed E-state index contributed by atoms with van der Waals surface area (Å²) in [6, 6.07) is 2.05. The predicted octanol–water partition coefficient (Wildman–Crippen LogP) is 3.97. The third-order valence-corrected chi connectivity index (χ3v) is 6.66. The van der Waals surface area contributed by atoms with Gasteiger partial charge in [0.15, 0.2) is 5.65 Å². The number of hydrogen-bond donors (Lipinski definition) is 0. The third-order valence-electron chi connectivity index (χ3n) is 5.90. The molecular formula is C22H27IN6O3. The van der Waals surface area contributed by atoms with Crippen molar-refractivity contribution in [3.63, 3.8) is 0 Å². The van der Waals surface area contributed by atoms with Crippen LogP contribution in [-0.2, 0) is 9.47 Å². The van der Waals surface area contributed by atoms with Crippen LogP contribution in [0.15, 0.2) is 12.3 Å². The topological polar surface area (TPSA) is 86.8 Å². The molecule has 170 valence electrons. The maximum Gasteiger partial charge on any atom is 0.435 e. The Morgan fingerprint density at radius 1 is 1.22 bits per heavy atom. The van der Waals surface area contributed by atoms with Gasteiger partial charge in [-0.1, -0.05) is 0 Å². The maximum atomic E-state index is 12.8. The van der Waals surface area contributed by atoms with Gasteiger partial charge in [-0.3, -0.25) is 0 Å². The highest BCUT2D eigenvalue weighted by Gasteiger charge is 2.35. The fourth-order valence-electron chi connectivity index (χ4n) is 4.56. The highest BCUT2D eigenvalue weighted by molar-refractivity contribution is 14.1. The summed E-state index contributed by atoms with van der Waals surface area (Å²) in [5, 5.41) is 9.07. The Morgan fingerprint density at radius 3 is 2.56 bits per heavy atom. The average Bonchev–Trinajstić information content (AvgIpc) is 3.35. The molecule has 32 heavy (non-hydrogen) atoms. The zero-order chi connectivity index (χ0) is 22.8. The Hall–Kier alpha value is -2.21. The number of carbonyl (C=O) groups is 1. The zero-order valence-electron chi connectivity index (χ0n) is 18.9. The maximum absolute atomic E-state index is 12.8. The lowest BCUT2D eigenvalue weighted by Gasteiger charge is -2.33. The molecule has 2 bridgehead atoms. The smallest absolute Gasteiger partial charge is 0.435 e. The molecule has 0 amide bonds. The van der Waals surface area contributed by atoms with Crippen LogP contribution in [0.25, 0.3) is 16.9 Å². The summed E-state index contributed by atoms with van der Waals surface area (Å²) >= 11 is 2.26. The monoisotopic (exact) mass is 550 g/mol. The summed E-state index contributed by atoms with van der Waals surface area (Å²) in [7, 11) is 0. The Balaban J connectivity index is 1.62. The number of rotatable bonds is 2. The van der Waals surface area contributed by atoms with Gasteiger partial charge in [0, 0.05) is 24.7 Å². The van der Waals surface area contributed by atoms with E-state index in [1.807, 2.05) is 45.3 Å². The number of nitrogens with zero attached hydrogens (tertiary/aromatic N) is 6. The van der Waals surface area contributed by atoms with E-state index in [1.165, 1.54) is 4.68 Å². The van der Waals surface area contributed by atoms with Crippen LogP contribution in [0.4, 0.5) is 10.6 Å².